The molecule has 0 unspecified atom stereocenters. The van der Waals surface area contributed by atoms with E-state index in [-0.39, 0.29) is 5.91 Å². The summed E-state index contributed by atoms with van der Waals surface area (Å²) in [4.78, 5) is 16.2. The van der Waals surface area contributed by atoms with Crippen molar-refractivity contribution < 1.29 is 4.79 Å². The van der Waals surface area contributed by atoms with E-state index < -0.39 is 0 Å². The van der Waals surface area contributed by atoms with E-state index in [0.29, 0.717) is 12.1 Å². The van der Waals surface area contributed by atoms with E-state index >= 15 is 0 Å². The topological polar surface area (TPSA) is 71.8 Å². The van der Waals surface area contributed by atoms with Crippen LogP contribution in [0.4, 0.5) is 0 Å². The second-order valence-electron chi connectivity index (χ2n) is 4.95. The molecule has 2 N–H and O–H groups in total. The van der Waals surface area contributed by atoms with Crippen LogP contribution in [0.2, 0.25) is 0 Å². The van der Waals surface area contributed by atoms with E-state index in [9.17, 15) is 4.79 Å². The van der Waals surface area contributed by atoms with Crippen LogP contribution in [0.15, 0.2) is 24.8 Å². The third-order valence-electron chi connectivity index (χ3n) is 3.51. The molecule has 0 radical (unpaired) electrons. The summed E-state index contributed by atoms with van der Waals surface area (Å²) in [6.07, 6.45) is 7.99. The minimum atomic E-state index is -0.107. The van der Waals surface area contributed by atoms with Gasteiger partial charge in [-0.15, -0.1) is 0 Å². The van der Waals surface area contributed by atoms with Gasteiger partial charge in [-0.2, -0.15) is 5.10 Å². The molecule has 0 saturated carbocycles. The van der Waals surface area contributed by atoms with Crippen molar-refractivity contribution in [1.29, 1.82) is 0 Å². The number of hydrogen-bond acceptors (Lipinski definition) is 4. The van der Waals surface area contributed by atoms with E-state index in [1.54, 1.807) is 24.1 Å². The summed E-state index contributed by atoms with van der Waals surface area (Å²) in [5.41, 5.74) is 4.21. The molecule has 0 saturated heterocycles. The van der Waals surface area contributed by atoms with Crippen molar-refractivity contribution in [3.8, 4) is 0 Å². The van der Waals surface area contributed by atoms with Crippen molar-refractivity contribution in [2.75, 3.05) is 6.54 Å². The molecule has 0 aromatic carbocycles. The number of aromatic nitrogens is 3. The first-order chi connectivity index (χ1) is 9.74. The molecule has 0 atom stereocenters. The third-order valence-corrected chi connectivity index (χ3v) is 3.51. The molecular weight excluding hydrogens is 254 g/mol. The van der Waals surface area contributed by atoms with E-state index in [0.717, 1.165) is 25.1 Å². The molecule has 0 aliphatic carbocycles. The molecule has 3 heterocycles. The largest absolute Gasteiger partial charge is 0.348 e. The lowest BCUT2D eigenvalue weighted by atomic mass is 9.98. The van der Waals surface area contributed by atoms with Crippen LogP contribution < -0.4 is 10.6 Å². The van der Waals surface area contributed by atoms with Crippen LogP contribution in [0.3, 0.4) is 0 Å². The SMILES string of the molecule is Cn1cc(C(=O)NCc2cncc3c2CCNC3)cn1. The molecule has 3 rings (SSSR count). The lowest BCUT2D eigenvalue weighted by Crippen LogP contribution is -2.28. The average Bonchev–Trinajstić information content (AvgIpc) is 2.91. The maximum Gasteiger partial charge on any atom is 0.254 e. The predicted octanol–water partition coefficient (Wildman–Crippen LogP) is 0.391. The van der Waals surface area contributed by atoms with Crippen LogP contribution in [0.1, 0.15) is 27.0 Å². The van der Waals surface area contributed by atoms with E-state index in [4.69, 9.17) is 0 Å². The monoisotopic (exact) mass is 271 g/mol. The first kappa shape index (κ1) is 12.8. The number of nitrogens with one attached hydrogen (secondary N) is 2. The highest BCUT2D eigenvalue weighted by Crippen LogP contribution is 2.17. The van der Waals surface area contributed by atoms with E-state index in [2.05, 4.69) is 20.7 Å². The number of carbonyl (C=O) groups excluding carboxylic acids is 1. The van der Waals surface area contributed by atoms with Crippen LogP contribution in [-0.4, -0.2) is 27.2 Å². The van der Waals surface area contributed by atoms with Crippen molar-refractivity contribution >= 4 is 5.91 Å². The van der Waals surface area contributed by atoms with Crippen LogP contribution in [-0.2, 0) is 26.6 Å². The fraction of sp³-hybridized carbons (Fsp3) is 0.357. The lowest BCUT2D eigenvalue weighted by Gasteiger charge is -2.19. The van der Waals surface area contributed by atoms with Gasteiger partial charge < -0.3 is 10.6 Å². The number of pyridine rings is 1. The normalized spacial score (nSPS) is 13.8. The summed E-state index contributed by atoms with van der Waals surface area (Å²) < 4.78 is 1.62. The summed E-state index contributed by atoms with van der Waals surface area (Å²) in [6, 6.07) is 0. The Balaban J connectivity index is 1.71. The molecule has 1 aliphatic rings. The van der Waals surface area contributed by atoms with Gasteiger partial charge in [0.25, 0.3) is 5.91 Å². The van der Waals surface area contributed by atoms with Crippen molar-refractivity contribution in [3.05, 3.63) is 47.0 Å². The predicted molar refractivity (Wildman–Crippen MR) is 74.0 cm³/mol. The maximum absolute atomic E-state index is 12.0. The van der Waals surface area contributed by atoms with Crippen LogP contribution in [0.5, 0.6) is 0 Å². The fourth-order valence-electron chi connectivity index (χ4n) is 2.46. The van der Waals surface area contributed by atoms with Gasteiger partial charge in [-0.1, -0.05) is 0 Å². The minimum absolute atomic E-state index is 0.107. The molecule has 0 spiro atoms. The molecule has 6 nitrogen and oxygen atoms in total. The van der Waals surface area contributed by atoms with Crippen LogP contribution in [0, 0.1) is 0 Å². The summed E-state index contributed by atoms with van der Waals surface area (Å²) in [5, 5.41) is 10.2. The zero-order valence-electron chi connectivity index (χ0n) is 11.4. The number of rotatable bonds is 3. The Morgan fingerprint density at radius 2 is 2.35 bits per heavy atom. The molecule has 2 aromatic heterocycles. The van der Waals surface area contributed by atoms with Crippen molar-refractivity contribution in [2.24, 2.45) is 7.05 Å². The maximum atomic E-state index is 12.0. The first-order valence-corrected chi connectivity index (χ1v) is 6.66. The molecule has 6 heteroatoms. The standard InChI is InChI=1S/C14H17N5O/c1-19-9-12(8-18-19)14(20)17-7-11-6-16-5-10-4-15-3-2-13(10)11/h5-6,8-9,15H,2-4,7H2,1H3,(H,17,20). The lowest BCUT2D eigenvalue weighted by molar-refractivity contribution is 0.0950. The smallest absolute Gasteiger partial charge is 0.254 e. The fourth-order valence-corrected chi connectivity index (χ4v) is 2.46. The van der Waals surface area contributed by atoms with Crippen LogP contribution >= 0.6 is 0 Å². The zero-order chi connectivity index (χ0) is 13.9. The Morgan fingerprint density at radius 3 is 3.15 bits per heavy atom. The Hall–Kier alpha value is -2.21. The Kier molecular flexibility index (Phi) is 3.47. The van der Waals surface area contributed by atoms with Crippen molar-refractivity contribution in [1.82, 2.24) is 25.4 Å². The molecule has 20 heavy (non-hydrogen) atoms. The number of fused-ring (bicyclic) bond motifs is 1. The van der Waals surface area contributed by atoms with E-state index in [1.165, 1.54) is 11.1 Å². The average molecular weight is 271 g/mol. The summed E-state index contributed by atoms with van der Waals surface area (Å²) in [5.74, 6) is -0.107. The first-order valence-electron chi connectivity index (χ1n) is 6.66. The van der Waals surface area contributed by atoms with Crippen LogP contribution in [0.25, 0.3) is 0 Å². The Morgan fingerprint density at radius 1 is 1.45 bits per heavy atom. The number of hydrogen-bond donors (Lipinski definition) is 2. The van der Waals surface area contributed by atoms with Gasteiger partial charge in [0.05, 0.1) is 11.8 Å². The zero-order valence-corrected chi connectivity index (χ0v) is 11.4. The summed E-state index contributed by atoms with van der Waals surface area (Å²) >= 11 is 0. The highest BCUT2D eigenvalue weighted by Gasteiger charge is 2.14. The minimum Gasteiger partial charge on any atom is -0.348 e. The van der Waals surface area contributed by atoms with E-state index in [1.807, 2.05) is 12.4 Å². The van der Waals surface area contributed by atoms with Gasteiger partial charge in [-0.05, 0) is 29.7 Å². The second-order valence-corrected chi connectivity index (χ2v) is 4.95. The second kappa shape index (κ2) is 5.42. The van der Waals surface area contributed by atoms with Gasteiger partial charge in [0.2, 0.25) is 0 Å². The molecular formula is C14H17N5O. The van der Waals surface area contributed by atoms with Crippen molar-refractivity contribution in [2.45, 2.75) is 19.5 Å². The van der Waals surface area contributed by atoms with Gasteiger partial charge >= 0.3 is 0 Å². The molecule has 104 valence electrons. The quantitative estimate of drug-likeness (QED) is 0.847. The summed E-state index contributed by atoms with van der Waals surface area (Å²) in [7, 11) is 1.79. The highest BCUT2D eigenvalue weighted by molar-refractivity contribution is 5.93. The highest BCUT2D eigenvalue weighted by atomic mass is 16.1. The molecule has 1 aliphatic heterocycles. The molecule has 1 amide bonds. The van der Waals surface area contributed by atoms with Gasteiger partial charge in [-0.25, -0.2) is 0 Å². The molecule has 2 aromatic rings. The Bertz CT molecular complexity index is 634. The van der Waals surface area contributed by atoms with Gasteiger partial charge in [-0.3, -0.25) is 14.5 Å². The van der Waals surface area contributed by atoms with Gasteiger partial charge in [0, 0.05) is 38.7 Å². The number of carbonyl (C=O) groups is 1. The number of aryl methyl sites for hydroxylation is 1. The van der Waals surface area contributed by atoms with Gasteiger partial charge in [0.15, 0.2) is 0 Å². The number of amides is 1. The number of nitrogens with zero attached hydrogens (tertiary/aromatic N) is 3. The summed E-state index contributed by atoms with van der Waals surface area (Å²) in [6.45, 7) is 2.33. The van der Waals surface area contributed by atoms with Gasteiger partial charge in [0.1, 0.15) is 0 Å². The molecule has 0 bridgehead atoms. The van der Waals surface area contributed by atoms with Crippen molar-refractivity contribution in [3.63, 3.8) is 0 Å². The third kappa shape index (κ3) is 2.55. The molecule has 0 fully saturated rings. The Labute approximate surface area is 117 Å².